The predicted molar refractivity (Wildman–Crippen MR) is 98.7 cm³/mol. The fraction of sp³-hybridized carbons (Fsp3) is 0.222. The summed E-state index contributed by atoms with van der Waals surface area (Å²) >= 11 is 0. The molecule has 0 fully saturated rings. The smallest absolute Gasteiger partial charge is 0.338 e. The Bertz CT molecular complexity index is 921. The zero-order valence-corrected chi connectivity index (χ0v) is 15.5. The van der Waals surface area contributed by atoms with E-state index in [1.54, 1.807) is 26.0 Å². The number of rotatable bonds is 6. The molecule has 1 amide bonds. The second-order valence-corrected chi connectivity index (χ2v) is 7.24. The first-order valence-electron chi connectivity index (χ1n) is 7.91. The number of sulfonamides is 1. The van der Waals surface area contributed by atoms with Crippen LogP contribution in [-0.4, -0.2) is 26.9 Å². The van der Waals surface area contributed by atoms with Gasteiger partial charge in [-0.15, -0.1) is 0 Å². The zero-order chi connectivity index (χ0) is 19.3. The van der Waals surface area contributed by atoms with Gasteiger partial charge >= 0.3 is 5.97 Å². The molecular weight excluding hydrogens is 356 g/mol. The molecule has 0 aliphatic heterocycles. The van der Waals surface area contributed by atoms with Crippen LogP contribution in [0.3, 0.4) is 0 Å². The third-order valence-electron chi connectivity index (χ3n) is 3.48. The lowest BCUT2D eigenvalue weighted by molar-refractivity contribution is -0.114. The van der Waals surface area contributed by atoms with Crippen molar-refractivity contribution in [3.8, 4) is 0 Å². The lowest BCUT2D eigenvalue weighted by Crippen LogP contribution is -2.15. The van der Waals surface area contributed by atoms with Crippen LogP contribution in [-0.2, 0) is 19.6 Å². The standard InChI is InChI=1S/C18H20N2O5S/c1-4-25-18(22)14-6-5-12(2)17(11-14)20-26(23,24)16-9-7-15(8-10-16)19-13(3)21/h5-11,20H,4H2,1-3H3,(H,19,21). The van der Waals surface area contributed by atoms with Crippen molar-refractivity contribution in [1.29, 1.82) is 0 Å². The van der Waals surface area contributed by atoms with Crippen LogP contribution in [0.15, 0.2) is 47.4 Å². The molecule has 8 heteroatoms. The van der Waals surface area contributed by atoms with Crippen LogP contribution >= 0.6 is 0 Å². The second kappa shape index (κ2) is 8.01. The number of benzene rings is 2. The van der Waals surface area contributed by atoms with E-state index in [0.29, 0.717) is 16.9 Å². The molecular formula is C18H20N2O5S. The van der Waals surface area contributed by atoms with E-state index in [4.69, 9.17) is 4.74 Å². The number of amides is 1. The molecule has 2 N–H and O–H groups in total. The fourth-order valence-corrected chi connectivity index (χ4v) is 3.32. The van der Waals surface area contributed by atoms with Gasteiger partial charge in [0.05, 0.1) is 22.8 Å². The number of ether oxygens (including phenoxy) is 1. The number of anilines is 2. The minimum Gasteiger partial charge on any atom is -0.462 e. The quantitative estimate of drug-likeness (QED) is 0.755. The van der Waals surface area contributed by atoms with Crippen molar-refractivity contribution in [3.63, 3.8) is 0 Å². The van der Waals surface area contributed by atoms with Gasteiger partial charge in [0.15, 0.2) is 0 Å². The highest BCUT2D eigenvalue weighted by Gasteiger charge is 2.17. The number of carbonyl (C=O) groups is 2. The van der Waals surface area contributed by atoms with Gasteiger partial charge in [0.25, 0.3) is 10.0 Å². The van der Waals surface area contributed by atoms with Gasteiger partial charge in [-0.05, 0) is 55.8 Å². The highest BCUT2D eigenvalue weighted by atomic mass is 32.2. The summed E-state index contributed by atoms with van der Waals surface area (Å²) in [5, 5.41) is 2.57. The molecule has 0 aromatic heterocycles. The third-order valence-corrected chi connectivity index (χ3v) is 4.86. The molecule has 2 aromatic rings. The van der Waals surface area contributed by atoms with Crippen LogP contribution < -0.4 is 10.0 Å². The van der Waals surface area contributed by atoms with E-state index in [1.807, 2.05) is 0 Å². The average Bonchev–Trinajstić information content (AvgIpc) is 2.57. The maximum Gasteiger partial charge on any atom is 0.338 e. The fourth-order valence-electron chi connectivity index (χ4n) is 2.20. The molecule has 0 aliphatic rings. The Kier molecular flexibility index (Phi) is 5.99. The molecule has 0 bridgehead atoms. The van der Waals surface area contributed by atoms with E-state index in [-0.39, 0.29) is 23.0 Å². The Balaban J connectivity index is 2.27. The zero-order valence-electron chi connectivity index (χ0n) is 14.7. The van der Waals surface area contributed by atoms with Gasteiger partial charge in [-0.25, -0.2) is 13.2 Å². The molecule has 0 spiro atoms. The minimum atomic E-state index is -3.85. The van der Waals surface area contributed by atoms with Gasteiger partial charge in [-0.1, -0.05) is 6.07 Å². The summed E-state index contributed by atoms with van der Waals surface area (Å²) in [6.45, 7) is 5.02. The maximum absolute atomic E-state index is 12.6. The molecule has 0 saturated heterocycles. The van der Waals surface area contributed by atoms with E-state index < -0.39 is 16.0 Å². The SMILES string of the molecule is CCOC(=O)c1ccc(C)c(NS(=O)(=O)c2ccc(NC(C)=O)cc2)c1. The number of aryl methyl sites for hydroxylation is 1. The van der Waals surface area contributed by atoms with Crippen molar-refractivity contribution < 1.29 is 22.7 Å². The Morgan fingerprint density at radius 1 is 1.08 bits per heavy atom. The topological polar surface area (TPSA) is 102 Å². The Morgan fingerprint density at radius 2 is 1.73 bits per heavy atom. The van der Waals surface area contributed by atoms with E-state index in [0.717, 1.165) is 0 Å². The number of nitrogens with one attached hydrogen (secondary N) is 2. The Morgan fingerprint density at radius 3 is 2.31 bits per heavy atom. The first-order chi connectivity index (χ1) is 12.2. The van der Waals surface area contributed by atoms with Crippen molar-refractivity contribution in [1.82, 2.24) is 0 Å². The molecule has 7 nitrogen and oxygen atoms in total. The summed E-state index contributed by atoms with van der Waals surface area (Å²) in [6.07, 6.45) is 0. The number of hydrogen-bond acceptors (Lipinski definition) is 5. The van der Waals surface area contributed by atoms with Crippen molar-refractivity contribution in [2.24, 2.45) is 0 Å². The van der Waals surface area contributed by atoms with Crippen LogP contribution in [0.1, 0.15) is 29.8 Å². The molecule has 2 aromatic carbocycles. The van der Waals surface area contributed by atoms with Crippen molar-refractivity contribution in [2.45, 2.75) is 25.7 Å². The molecule has 2 rings (SSSR count). The lowest BCUT2D eigenvalue weighted by Gasteiger charge is -2.12. The van der Waals surface area contributed by atoms with Gasteiger partial charge in [-0.2, -0.15) is 0 Å². The molecule has 138 valence electrons. The average molecular weight is 376 g/mol. The van der Waals surface area contributed by atoms with Crippen molar-refractivity contribution in [2.75, 3.05) is 16.6 Å². The number of esters is 1. The van der Waals surface area contributed by atoms with E-state index in [1.165, 1.54) is 37.3 Å². The molecule has 0 unspecified atom stereocenters. The molecule has 0 saturated carbocycles. The Labute approximate surface area is 152 Å². The van der Waals surface area contributed by atoms with Crippen molar-refractivity contribution >= 4 is 33.3 Å². The summed E-state index contributed by atoms with van der Waals surface area (Å²) in [7, 11) is -3.85. The van der Waals surface area contributed by atoms with E-state index >= 15 is 0 Å². The minimum absolute atomic E-state index is 0.0348. The Hall–Kier alpha value is -2.87. The van der Waals surface area contributed by atoms with Crippen LogP contribution in [0.2, 0.25) is 0 Å². The van der Waals surface area contributed by atoms with Crippen LogP contribution in [0, 0.1) is 6.92 Å². The largest absolute Gasteiger partial charge is 0.462 e. The summed E-state index contributed by atoms with van der Waals surface area (Å²) in [5.41, 5.74) is 1.71. The molecule has 0 heterocycles. The molecule has 0 atom stereocenters. The summed E-state index contributed by atoms with van der Waals surface area (Å²) in [6, 6.07) is 10.4. The number of carbonyl (C=O) groups excluding carboxylic acids is 2. The van der Waals surface area contributed by atoms with Gasteiger partial charge in [-0.3, -0.25) is 9.52 Å². The van der Waals surface area contributed by atoms with Gasteiger partial charge in [0.1, 0.15) is 0 Å². The van der Waals surface area contributed by atoms with Gasteiger partial charge in [0, 0.05) is 12.6 Å². The third kappa shape index (κ3) is 4.82. The summed E-state index contributed by atoms with van der Waals surface area (Å²) in [5.74, 6) is -0.766. The van der Waals surface area contributed by atoms with E-state index in [2.05, 4.69) is 10.0 Å². The van der Waals surface area contributed by atoms with Crippen LogP contribution in [0.25, 0.3) is 0 Å². The first kappa shape index (κ1) is 19.5. The first-order valence-corrected chi connectivity index (χ1v) is 9.39. The molecule has 0 radical (unpaired) electrons. The van der Waals surface area contributed by atoms with Crippen LogP contribution in [0.4, 0.5) is 11.4 Å². The monoisotopic (exact) mass is 376 g/mol. The summed E-state index contributed by atoms with van der Waals surface area (Å²) < 4.78 is 32.6. The lowest BCUT2D eigenvalue weighted by atomic mass is 10.1. The van der Waals surface area contributed by atoms with Crippen LogP contribution in [0.5, 0.6) is 0 Å². The van der Waals surface area contributed by atoms with E-state index in [9.17, 15) is 18.0 Å². The summed E-state index contributed by atoms with van der Waals surface area (Å²) in [4.78, 5) is 22.9. The maximum atomic E-state index is 12.6. The van der Waals surface area contributed by atoms with Gasteiger partial charge in [0.2, 0.25) is 5.91 Å². The second-order valence-electron chi connectivity index (χ2n) is 5.56. The highest BCUT2D eigenvalue weighted by Crippen LogP contribution is 2.22. The molecule has 26 heavy (non-hydrogen) atoms. The predicted octanol–water partition coefficient (Wildman–Crippen LogP) is 2.93. The number of hydrogen-bond donors (Lipinski definition) is 2. The molecule has 0 aliphatic carbocycles. The van der Waals surface area contributed by atoms with Crippen molar-refractivity contribution in [3.05, 3.63) is 53.6 Å². The highest BCUT2D eigenvalue weighted by molar-refractivity contribution is 7.92. The van der Waals surface area contributed by atoms with Gasteiger partial charge < -0.3 is 10.1 Å². The normalized spacial score (nSPS) is 10.9.